The summed E-state index contributed by atoms with van der Waals surface area (Å²) in [6.45, 7) is 1.26. The summed E-state index contributed by atoms with van der Waals surface area (Å²) in [5.74, 6) is -1.28. The van der Waals surface area contributed by atoms with Gasteiger partial charge < -0.3 is 19.6 Å². The molecule has 2 aromatic rings. The number of Topliss-reactive ketones (excluding diaryl/α,β-unsaturated/α-hetero) is 1. The Morgan fingerprint density at radius 2 is 1.87 bits per heavy atom. The molecule has 158 valence electrons. The molecule has 0 saturated carbocycles. The Labute approximate surface area is 184 Å². The highest BCUT2D eigenvalue weighted by Crippen LogP contribution is 2.39. The van der Waals surface area contributed by atoms with Gasteiger partial charge in [0.15, 0.2) is 0 Å². The SMILES string of the molecule is COc1cccc(C([O-])=C2C(=O)C(=O)N(CCC[NH+](C)C)C2c2ccc(Br)cc2)c1. The van der Waals surface area contributed by atoms with Crippen molar-refractivity contribution in [3.63, 3.8) is 0 Å². The van der Waals surface area contributed by atoms with E-state index in [-0.39, 0.29) is 5.57 Å². The quantitative estimate of drug-likeness (QED) is 0.373. The molecule has 1 saturated heterocycles. The zero-order valence-electron chi connectivity index (χ0n) is 17.3. The van der Waals surface area contributed by atoms with Gasteiger partial charge in [-0.1, -0.05) is 46.0 Å². The van der Waals surface area contributed by atoms with Crippen LogP contribution in [0.1, 0.15) is 23.6 Å². The minimum atomic E-state index is -0.729. The van der Waals surface area contributed by atoms with Crippen molar-refractivity contribution in [1.29, 1.82) is 0 Å². The minimum absolute atomic E-state index is 0.00669. The molecule has 1 aliphatic heterocycles. The fourth-order valence-electron chi connectivity index (χ4n) is 3.62. The number of halogens is 1. The van der Waals surface area contributed by atoms with Gasteiger partial charge in [-0.25, -0.2) is 0 Å². The van der Waals surface area contributed by atoms with Crippen LogP contribution in [0.25, 0.3) is 5.76 Å². The Kier molecular flexibility index (Phi) is 6.95. The number of ketones is 1. The Bertz CT molecular complexity index is 969. The van der Waals surface area contributed by atoms with Crippen LogP contribution in [0.4, 0.5) is 0 Å². The smallest absolute Gasteiger partial charge is 0.295 e. The lowest BCUT2D eigenvalue weighted by molar-refractivity contribution is -0.858. The van der Waals surface area contributed by atoms with E-state index >= 15 is 0 Å². The van der Waals surface area contributed by atoms with Crippen LogP contribution in [0.5, 0.6) is 5.75 Å². The maximum absolute atomic E-state index is 13.3. The Morgan fingerprint density at radius 1 is 1.17 bits per heavy atom. The van der Waals surface area contributed by atoms with E-state index in [9.17, 15) is 14.7 Å². The second-order valence-corrected chi connectivity index (χ2v) is 8.48. The predicted molar refractivity (Wildman–Crippen MR) is 116 cm³/mol. The third-order valence-corrected chi connectivity index (χ3v) is 5.65. The molecule has 1 atom stereocenters. The summed E-state index contributed by atoms with van der Waals surface area (Å²) < 4.78 is 6.09. The molecule has 1 fully saturated rings. The van der Waals surface area contributed by atoms with Gasteiger partial charge in [0, 0.05) is 23.0 Å². The summed E-state index contributed by atoms with van der Waals surface area (Å²) in [4.78, 5) is 28.6. The minimum Gasteiger partial charge on any atom is -0.872 e. The highest BCUT2D eigenvalue weighted by molar-refractivity contribution is 9.10. The van der Waals surface area contributed by atoms with E-state index in [0.29, 0.717) is 17.9 Å². The van der Waals surface area contributed by atoms with Gasteiger partial charge in [0.2, 0.25) is 5.78 Å². The van der Waals surface area contributed by atoms with Gasteiger partial charge in [-0.2, -0.15) is 0 Å². The van der Waals surface area contributed by atoms with E-state index in [0.717, 1.165) is 23.0 Å². The molecule has 7 heteroatoms. The number of carbonyl (C=O) groups excluding carboxylic acids is 2. The summed E-state index contributed by atoms with van der Waals surface area (Å²) in [5, 5.41) is 13.3. The van der Waals surface area contributed by atoms with E-state index in [1.165, 1.54) is 16.9 Å². The standard InChI is InChI=1S/C23H25BrN2O4/c1-25(2)12-5-13-26-20(15-8-10-17(24)11-9-15)19(22(28)23(26)29)21(27)16-6-4-7-18(14-16)30-3/h4,6-11,14,20,27H,5,12-13H2,1-3H3. The molecule has 2 aromatic carbocycles. The maximum Gasteiger partial charge on any atom is 0.295 e. The van der Waals surface area contributed by atoms with Gasteiger partial charge in [0.25, 0.3) is 5.91 Å². The molecule has 0 aromatic heterocycles. The van der Waals surface area contributed by atoms with Crippen LogP contribution in [0.15, 0.2) is 58.6 Å². The Hall–Kier alpha value is -2.64. The second-order valence-electron chi connectivity index (χ2n) is 7.57. The third kappa shape index (κ3) is 4.57. The van der Waals surface area contributed by atoms with E-state index in [1.807, 2.05) is 38.4 Å². The lowest BCUT2D eigenvalue weighted by atomic mass is 9.95. The molecule has 3 rings (SSSR count). The van der Waals surface area contributed by atoms with Gasteiger partial charge in [-0.05, 0) is 35.4 Å². The highest BCUT2D eigenvalue weighted by Gasteiger charge is 2.43. The summed E-state index contributed by atoms with van der Waals surface area (Å²) >= 11 is 3.41. The van der Waals surface area contributed by atoms with E-state index in [4.69, 9.17) is 4.74 Å². The molecule has 1 N–H and O–H groups in total. The Balaban J connectivity index is 2.09. The first-order valence-corrected chi connectivity index (χ1v) is 10.6. The first-order chi connectivity index (χ1) is 14.3. The van der Waals surface area contributed by atoms with Crippen molar-refractivity contribution in [2.24, 2.45) is 0 Å². The number of rotatable bonds is 7. The lowest BCUT2D eigenvalue weighted by Crippen LogP contribution is -3.05. The van der Waals surface area contributed by atoms with Crippen molar-refractivity contribution in [3.05, 3.63) is 69.7 Å². The van der Waals surface area contributed by atoms with Gasteiger partial charge in [-0.15, -0.1) is 0 Å². The zero-order valence-corrected chi connectivity index (χ0v) is 18.9. The maximum atomic E-state index is 13.3. The molecule has 0 bridgehead atoms. The summed E-state index contributed by atoms with van der Waals surface area (Å²) in [6, 6.07) is 13.3. The number of carbonyl (C=O) groups is 2. The van der Waals surface area contributed by atoms with E-state index in [2.05, 4.69) is 15.9 Å². The third-order valence-electron chi connectivity index (χ3n) is 5.12. The average Bonchev–Trinajstić information content (AvgIpc) is 2.98. The summed E-state index contributed by atoms with van der Waals surface area (Å²) in [7, 11) is 5.58. The molecule has 0 spiro atoms. The number of ether oxygens (including phenoxy) is 1. The molecule has 1 amide bonds. The van der Waals surface area contributed by atoms with Crippen LogP contribution in [0.2, 0.25) is 0 Å². The normalized spacial score (nSPS) is 18.3. The number of hydrogen-bond acceptors (Lipinski definition) is 4. The van der Waals surface area contributed by atoms with Crippen LogP contribution in [0.3, 0.4) is 0 Å². The Morgan fingerprint density at radius 3 is 2.50 bits per heavy atom. The molecule has 30 heavy (non-hydrogen) atoms. The van der Waals surface area contributed by atoms with Crippen LogP contribution >= 0.6 is 15.9 Å². The average molecular weight is 473 g/mol. The van der Waals surface area contributed by atoms with Gasteiger partial charge in [-0.3, -0.25) is 9.59 Å². The van der Waals surface area contributed by atoms with Crippen LogP contribution in [-0.4, -0.2) is 50.9 Å². The van der Waals surface area contributed by atoms with Crippen LogP contribution < -0.4 is 14.7 Å². The molecule has 6 nitrogen and oxygen atoms in total. The zero-order chi connectivity index (χ0) is 21.8. The second kappa shape index (κ2) is 9.45. The van der Waals surface area contributed by atoms with Crippen molar-refractivity contribution < 1.29 is 24.3 Å². The first-order valence-electron chi connectivity index (χ1n) is 9.79. The molecule has 0 aliphatic carbocycles. The van der Waals surface area contributed by atoms with Crippen molar-refractivity contribution in [2.45, 2.75) is 12.5 Å². The van der Waals surface area contributed by atoms with Gasteiger partial charge in [0.1, 0.15) is 5.75 Å². The largest absolute Gasteiger partial charge is 0.872 e. The number of benzene rings is 2. The highest BCUT2D eigenvalue weighted by atomic mass is 79.9. The number of hydrogen-bond donors (Lipinski definition) is 1. The number of likely N-dealkylation sites (tertiary alicyclic amines) is 1. The number of amides is 1. The fraction of sp³-hybridized carbons (Fsp3) is 0.304. The van der Waals surface area contributed by atoms with Gasteiger partial charge in [0.05, 0.1) is 33.8 Å². The van der Waals surface area contributed by atoms with Crippen molar-refractivity contribution in [3.8, 4) is 5.75 Å². The van der Waals surface area contributed by atoms with Crippen molar-refractivity contribution in [1.82, 2.24) is 4.90 Å². The lowest BCUT2D eigenvalue weighted by Gasteiger charge is -2.27. The van der Waals surface area contributed by atoms with Crippen molar-refractivity contribution >= 4 is 33.4 Å². The monoisotopic (exact) mass is 472 g/mol. The van der Waals surface area contributed by atoms with Crippen LogP contribution in [0, 0.1) is 0 Å². The molecule has 1 aliphatic rings. The number of quaternary nitrogens is 1. The molecular formula is C23H25BrN2O4. The van der Waals surface area contributed by atoms with E-state index < -0.39 is 23.5 Å². The fourth-order valence-corrected chi connectivity index (χ4v) is 3.88. The molecule has 1 heterocycles. The molecular weight excluding hydrogens is 448 g/mol. The number of nitrogens with zero attached hydrogens (tertiary/aromatic N) is 1. The molecule has 0 radical (unpaired) electrons. The number of methoxy groups -OCH3 is 1. The topological polar surface area (TPSA) is 74.1 Å². The number of nitrogens with one attached hydrogen (secondary N) is 1. The van der Waals surface area contributed by atoms with Crippen LogP contribution in [-0.2, 0) is 9.59 Å². The first kappa shape index (κ1) is 22.1. The van der Waals surface area contributed by atoms with E-state index in [1.54, 1.807) is 24.3 Å². The molecule has 1 unspecified atom stereocenters. The summed E-state index contributed by atoms with van der Waals surface area (Å²) in [6.07, 6.45) is 0.731. The van der Waals surface area contributed by atoms with Gasteiger partial charge >= 0.3 is 0 Å². The predicted octanol–water partition coefficient (Wildman–Crippen LogP) is 1.22. The van der Waals surface area contributed by atoms with Crippen molar-refractivity contribution in [2.75, 3.05) is 34.3 Å². The summed E-state index contributed by atoms with van der Waals surface area (Å²) in [5.41, 5.74) is 1.06.